The van der Waals surface area contributed by atoms with E-state index in [9.17, 15) is 9.18 Å². The Bertz CT molecular complexity index is 1040. The molecule has 0 aliphatic carbocycles. The highest BCUT2D eigenvalue weighted by atomic mass is 19.1. The van der Waals surface area contributed by atoms with Crippen molar-refractivity contribution in [3.8, 4) is 0 Å². The molecule has 1 aromatic heterocycles. The van der Waals surface area contributed by atoms with Gasteiger partial charge in [-0.1, -0.05) is 19.1 Å². The number of benzene rings is 2. The van der Waals surface area contributed by atoms with Crippen LogP contribution in [0.4, 0.5) is 4.39 Å². The van der Waals surface area contributed by atoms with E-state index < -0.39 is 0 Å². The molecular formula is C24H30FN5O. The Labute approximate surface area is 182 Å². The van der Waals surface area contributed by atoms with Crippen LogP contribution in [0.3, 0.4) is 0 Å². The van der Waals surface area contributed by atoms with Gasteiger partial charge in [0.2, 0.25) is 0 Å². The summed E-state index contributed by atoms with van der Waals surface area (Å²) in [5.74, 6) is 0.415. The van der Waals surface area contributed by atoms with Crippen LogP contribution in [-0.4, -0.2) is 36.5 Å². The molecule has 0 aliphatic rings. The van der Waals surface area contributed by atoms with E-state index in [4.69, 9.17) is 0 Å². The van der Waals surface area contributed by atoms with Gasteiger partial charge in [-0.25, -0.2) is 9.38 Å². The molecule has 1 heterocycles. The Kier molecular flexibility index (Phi) is 8.04. The molecule has 0 atom stereocenters. The van der Waals surface area contributed by atoms with Crippen LogP contribution in [0.2, 0.25) is 0 Å². The van der Waals surface area contributed by atoms with Crippen molar-refractivity contribution >= 4 is 22.8 Å². The topological polar surface area (TPSA) is 81.3 Å². The van der Waals surface area contributed by atoms with Crippen molar-refractivity contribution in [3.05, 3.63) is 71.2 Å². The third kappa shape index (κ3) is 6.31. The summed E-state index contributed by atoms with van der Waals surface area (Å²) in [7, 11) is 0. The van der Waals surface area contributed by atoms with Crippen molar-refractivity contribution < 1.29 is 9.18 Å². The minimum atomic E-state index is -0.243. The minimum Gasteiger partial charge on any atom is -0.361 e. The molecule has 3 aromatic rings. The summed E-state index contributed by atoms with van der Waals surface area (Å²) in [6.45, 7) is 6.62. The third-order valence-electron chi connectivity index (χ3n) is 4.90. The number of hydrogen-bond acceptors (Lipinski definition) is 2. The third-order valence-corrected chi connectivity index (χ3v) is 4.90. The lowest BCUT2D eigenvalue weighted by molar-refractivity contribution is 0.0953. The number of fused-ring (bicyclic) bond motifs is 1. The quantitative estimate of drug-likeness (QED) is 0.313. The number of carbonyl (C=O) groups is 1. The average Bonchev–Trinajstić information content (AvgIpc) is 3.17. The van der Waals surface area contributed by atoms with E-state index in [1.165, 1.54) is 12.1 Å². The second-order valence-electron chi connectivity index (χ2n) is 7.33. The molecule has 7 heteroatoms. The number of rotatable bonds is 9. The van der Waals surface area contributed by atoms with Gasteiger partial charge < -0.3 is 20.9 Å². The predicted octanol–water partition coefficient (Wildman–Crippen LogP) is 3.74. The van der Waals surface area contributed by atoms with Gasteiger partial charge in [0, 0.05) is 42.3 Å². The number of amides is 1. The Hall–Kier alpha value is -3.35. The van der Waals surface area contributed by atoms with Gasteiger partial charge in [0.1, 0.15) is 5.82 Å². The molecule has 31 heavy (non-hydrogen) atoms. The first-order chi connectivity index (χ1) is 15.1. The Morgan fingerprint density at radius 2 is 1.94 bits per heavy atom. The normalized spacial score (nSPS) is 11.5. The predicted molar refractivity (Wildman–Crippen MR) is 124 cm³/mol. The summed E-state index contributed by atoms with van der Waals surface area (Å²) < 4.78 is 13.4. The zero-order valence-corrected chi connectivity index (χ0v) is 18.1. The van der Waals surface area contributed by atoms with E-state index in [2.05, 4.69) is 25.9 Å². The molecule has 0 unspecified atom stereocenters. The van der Waals surface area contributed by atoms with Gasteiger partial charge in [0.05, 0.1) is 6.54 Å². The van der Waals surface area contributed by atoms with Crippen molar-refractivity contribution in [2.75, 3.05) is 19.6 Å². The van der Waals surface area contributed by atoms with Crippen LogP contribution in [0.25, 0.3) is 10.9 Å². The fourth-order valence-corrected chi connectivity index (χ4v) is 3.34. The highest BCUT2D eigenvalue weighted by molar-refractivity contribution is 5.94. The Morgan fingerprint density at radius 3 is 2.74 bits per heavy atom. The minimum absolute atomic E-state index is 0.0590. The van der Waals surface area contributed by atoms with E-state index >= 15 is 0 Å². The van der Waals surface area contributed by atoms with E-state index in [-0.39, 0.29) is 11.7 Å². The van der Waals surface area contributed by atoms with Crippen LogP contribution in [0.15, 0.2) is 53.7 Å². The lowest BCUT2D eigenvalue weighted by Gasteiger charge is -2.11. The first-order valence-corrected chi connectivity index (χ1v) is 10.8. The van der Waals surface area contributed by atoms with Crippen molar-refractivity contribution in [2.24, 2.45) is 4.99 Å². The molecule has 0 aliphatic heterocycles. The second-order valence-corrected chi connectivity index (χ2v) is 7.33. The van der Waals surface area contributed by atoms with E-state index in [1.807, 2.05) is 44.3 Å². The fourth-order valence-electron chi connectivity index (χ4n) is 3.34. The fraction of sp³-hybridized carbons (Fsp3) is 0.333. The van der Waals surface area contributed by atoms with E-state index in [1.54, 1.807) is 6.07 Å². The molecule has 3 rings (SSSR count). The lowest BCUT2D eigenvalue weighted by Crippen LogP contribution is -2.38. The number of guanidine groups is 1. The number of nitrogens with one attached hydrogen (secondary N) is 4. The Morgan fingerprint density at radius 1 is 1.06 bits per heavy atom. The lowest BCUT2D eigenvalue weighted by atomic mass is 10.1. The molecular weight excluding hydrogens is 393 g/mol. The maximum absolute atomic E-state index is 13.4. The maximum Gasteiger partial charge on any atom is 0.251 e. The highest BCUT2D eigenvalue weighted by Crippen LogP contribution is 2.19. The summed E-state index contributed by atoms with van der Waals surface area (Å²) in [5, 5.41) is 10.5. The van der Waals surface area contributed by atoms with Gasteiger partial charge in [-0.2, -0.15) is 0 Å². The molecule has 0 radical (unpaired) electrons. The van der Waals surface area contributed by atoms with Gasteiger partial charge in [0.25, 0.3) is 5.91 Å². The number of nitrogens with zero attached hydrogens (tertiary/aromatic N) is 1. The van der Waals surface area contributed by atoms with Gasteiger partial charge in [-0.3, -0.25) is 4.79 Å². The number of aromatic amines is 1. The van der Waals surface area contributed by atoms with Crippen molar-refractivity contribution in [3.63, 3.8) is 0 Å². The molecule has 164 valence electrons. The molecule has 1 amide bonds. The van der Waals surface area contributed by atoms with Crippen molar-refractivity contribution in [2.45, 2.75) is 33.2 Å². The van der Waals surface area contributed by atoms with Crippen LogP contribution in [-0.2, 0) is 13.0 Å². The summed E-state index contributed by atoms with van der Waals surface area (Å²) in [4.78, 5) is 19.9. The van der Waals surface area contributed by atoms with Crippen LogP contribution >= 0.6 is 0 Å². The first kappa shape index (κ1) is 22.3. The highest BCUT2D eigenvalue weighted by Gasteiger charge is 2.07. The SMILES string of the molecule is CCCNC(=O)c1cccc(CN=C(NCC)NCCc2c[nH]c3cc(F)ccc23)c1. The average molecular weight is 424 g/mol. The van der Waals surface area contributed by atoms with Crippen LogP contribution in [0, 0.1) is 5.82 Å². The molecule has 0 spiro atoms. The van der Waals surface area contributed by atoms with Crippen molar-refractivity contribution in [1.29, 1.82) is 0 Å². The number of aromatic nitrogens is 1. The molecule has 0 fully saturated rings. The van der Waals surface area contributed by atoms with Crippen LogP contribution < -0.4 is 16.0 Å². The summed E-state index contributed by atoms with van der Waals surface area (Å²) in [5.41, 5.74) is 3.55. The number of carbonyl (C=O) groups excluding carboxylic acids is 1. The van der Waals surface area contributed by atoms with Crippen molar-refractivity contribution in [1.82, 2.24) is 20.9 Å². The zero-order valence-electron chi connectivity index (χ0n) is 18.1. The van der Waals surface area contributed by atoms with Gasteiger partial charge in [-0.15, -0.1) is 0 Å². The smallest absolute Gasteiger partial charge is 0.251 e. The van der Waals surface area contributed by atoms with Crippen LogP contribution in [0.5, 0.6) is 0 Å². The summed E-state index contributed by atoms with van der Waals surface area (Å²) in [6, 6.07) is 12.3. The largest absolute Gasteiger partial charge is 0.361 e. The maximum atomic E-state index is 13.4. The van der Waals surface area contributed by atoms with E-state index in [0.717, 1.165) is 41.4 Å². The number of halogens is 1. The summed E-state index contributed by atoms with van der Waals surface area (Å²) in [6.07, 6.45) is 3.61. The van der Waals surface area contributed by atoms with Gasteiger partial charge in [-0.05, 0) is 61.2 Å². The Balaban J connectivity index is 1.59. The number of hydrogen-bond donors (Lipinski definition) is 4. The van der Waals surface area contributed by atoms with Gasteiger partial charge in [0.15, 0.2) is 5.96 Å². The molecule has 0 bridgehead atoms. The summed E-state index contributed by atoms with van der Waals surface area (Å²) >= 11 is 0. The molecule has 0 saturated carbocycles. The van der Waals surface area contributed by atoms with Gasteiger partial charge >= 0.3 is 0 Å². The second kappa shape index (κ2) is 11.2. The molecule has 0 saturated heterocycles. The van der Waals surface area contributed by atoms with Crippen LogP contribution in [0.1, 0.15) is 41.8 Å². The first-order valence-electron chi connectivity index (χ1n) is 10.8. The zero-order chi connectivity index (χ0) is 22.1. The molecule has 6 nitrogen and oxygen atoms in total. The standard InChI is InChI=1S/C24H30FN5O/c1-3-11-27-23(31)18-7-5-6-17(13-18)15-30-24(26-4-2)28-12-10-19-16-29-22-14-20(25)8-9-21(19)22/h5-9,13-14,16,29H,3-4,10-12,15H2,1-2H3,(H,27,31)(H2,26,28,30). The molecule has 4 N–H and O–H groups in total. The monoisotopic (exact) mass is 423 g/mol. The molecule has 2 aromatic carbocycles. The number of H-pyrrole nitrogens is 1. The van der Waals surface area contributed by atoms with E-state index in [0.29, 0.717) is 31.2 Å². The number of aliphatic imine (C=N–C) groups is 1.